The molecule has 0 radical (unpaired) electrons. The highest BCUT2D eigenvalue weighted by Gasteiger charge is 2.23. The Hall–Kier alpha value is -2.03. The molecule has 1 saturated heterocycles. The van der Waals surface area contributed by atoms with E-state index in [2.05, 4.69) is 6.92 Å². The second kappa shape index (κ2) is 14.3. The van der Waals surface area contributed by atoms with Gasteiger partial charge >= 0.3 is 0 Å². The lowest BCUT2D eigenvalue weighted by atomic mass is 10.0. The molecule has 33 heavy (non-hydrogen) atoms. The highest BCUT2D eigenvalue weighted by molar-refractivity contribution is 7.90. The molecule has 0 amide bonds. The molecule has 2 heterocycles. The molecule has 2 aromatic rings. The predicted octanol–water partition coefficient (Wildman–Crippen LogP) is 5.57. The van der Waals surface area contributed by atoms with Crippen LogP contribution in [0.1, 0.15) is 64.9 Å². The van der Waals surface area contributed by atoms with Gasteiger partial charge in [0.25, 0.3) is 0 Å². The standard InChI is InChI=1S/C19H24N2O4S2.C4H8.C2H6/c1-3-4-11-27(24,25)21-17(14-22)12-16-13-18(5-6-19(16)21)26(23)20-9-7-15(2)8-10-20;1-3-4-2;1-2/h3-6,12-15H,7-11H2,1-2H3;3-4H,1-2H3;1-2H3/b2*4-3-;. The molecule has 1 aromatic carbocycles. The van der Waals surface area contributed by atoms with E-state index in [9.17, 15) is 17.4 Å². The minimum Gasteiger partial charge on any atom is -0.296 e. The van der Waals surface area contributed by atoms with E-state index >= 15 is 0 Å². The third-order valence-electron chi connectivity index (χ3n) is 5.21. The Morgan fingerprint density at radius 2 is 1.64 bits per heavy atom. The smallest absolute Gasteiger partial charge is 0.243 e. The van der Waals surface area contributed by atoms with Crippen LogP contribution in [0, 0.1) is 5.92 Å². The normalized spacial score (nSPS) is 16.3. The van der Waals surface area contributed by atoms with Crippen molar-refractivity contribution in [3.8, 4) is 0 Å². The third-order valence-corrected chi connectivity index (χ3v) is 8.28. The van der Waals surface area contributed by atoms with Gasteiger partial charge in [0, 0.05) is 18.5 Å². The van der Waals surface area contributed by atoms with Gasteiger partial charge in [-0.05, 0) is 63.8 Å². The Morgan fingerprint density at radius 1 is 1.03 bits per heavy atom. The maximum atomic E-state index is 12.9. The molecule has 6 nitrogen and oxygen atoms in total. The van der Waals surface area contributed by atoms with Crippen molar-refractivity contribution in [3.63, 3.8) is 0 Å². The monoisotopic (exact) mass is 494 g/mol. The topological polar surface area (TPSA) is 76.5 Å². The zero-order valence-electron chi connectivity index (χ0n) is 20.7. The van der Waals surface area contributed by atoms with Crippen LogP contribution in [0.3, 0.4) is 0 Å². The number of piperidine rings is 1. The van der Waals surface area contributed by atoms with Crippen molar-refractivity contribution in [2.24, 2.45) is 5.92 Å². The van der Waals surface area contributed by atoms with Gasteiger partial charge in [-0.2, -0.15) is 0 Å². The molecule has 1 aliphatic heterocycles. The summed E-state index contributed by atoms with van der Waals surface area (Å²) < 4.78 is 41.2. The number of hydrogen-bond acceptors (Lipinski definition) is 4. The lowest BCUT2D eigenvalue weighted by molar-refractivity contribution is 0.111. The number of carbonyl (C=O) groups is 1. The lowest BCUT2D eigenvalue weighted by Crippen LogP contribution is -2.34. The first-order valence-electron chi connectivity index (χ1n) is 11.5. The maximum absolute atomic E-state index is 12.9. The second-order valence-electron chi connectivity index (χ2n) is 7.55. The van der Waals surface area contributed by atoms with Gasteiger partial charge in [-0.3, -0.25) is 4.79 Å². The van der Waals surface area contributed by atoms with Crippen LogP contribution < -0.4 is 0 Å². The van der Waals surface area contributed by atoms with Crippen LogP contribution in [0.4, 0.5) is 0 Å². The van der Waals surface area contributed by atoms with Gasteiger partial charge in [-0.15, -0.1) is 0 Å². The van der Waals surface area contributed by atoms with Gasteiger partial charge in [0.2, 0.25) is 10.0 Å². The predicted molar refractivity (Wildman–Crippen MR) is 140 cm³/mol. The van der Waals surface area contributed by atoms with Crippen molar-refractivity contribution < 1.29 is 17.4 Å². The van der Waals surface area contributed by atoms with E-state index in [1.807, 2.05) is 44.2 Å². The summed E-state index contributed by atoms with van der Waals surface area (Å²) in [5.41, 5.74) is 0.499. The lowest BCUT2D eigenvalue weighted by Gasteiger charge is -2.28. The van der Waals surface area contributed by atoms with E-state index in [-0.39, 0.29) is 11.4 Å². The first-order chi connectivity index (χ1) is 15.8. The van der Waals surface area contributed by atoms with Gasteiger partial charge in [0.05, 0.1) is 21.9 Å². The van der Waals surface area contributed by atoms with Gasteiger partial charge in [-0.1, -0.05) is 45.1 Å². The molecule has 0 aliphatic carbocycles. The molecule has 0 N–H and O–H groups in total. The Morgan fingerprint density at radius 3 is 2.15 bits per heavy atom. The fourth-order valence-corrected chi connectivity index (χ4v) is 6.00. The molecule has 1 aliphatic rings. The fourth-order valence-electron chi connectivity index (χ4n) is 3.28. The van der Waals surface area contributed by atoms with Crippen LogP contribution in [0.15, 0.2) is 53.5 Å². The molecule has 1 fully saturated rings. The minimum absolute atomic E-state index is 0.0734. The number of rotatable bonds is 6. The van der Waals surface area contributed by atoms with Crippen LogP contribution >= 0.6 is 0 Å². The molecule has 1 aromatic heterocycles. The summed E-state index contributed by atoms with van der Waals surface area (Å²) in [6, 6.07) is 6.58. The van der Waals surface area contributed by atoms with Crippen molar-refractivity contribution in [3.05, 3.63) is 54.3 Å². The summed E-state index contributed by atoms with van der Waals surface area (Å²) in [4.78, 5) is 12.1. The van der Waals surface area contributed by atoms with Crippen molar-refractivity contribution >= 4 is 38.2 Å². The molecular formula is C25H38N2O4S2. The average Bonchev–Trinajstić information content (AvgIpc) is 3.23. The summed E-state index contributed by atoms with van der Waals surface area (Å²) >= 11 is 0. The highest BCUT2D eigenvalue weighted by atomic mass is 32.2. The van der Waals surface area contributed by atoms with E-state index < -0.39 is 21.0 Å². The van der Waals surface area contributed by atoms with Gasteiger partial charge in [0.15, 0.2) is 6.29 Å². The summed E-state index contributed by atoms with van der Waals surface area (Å²) in [6.07, 6.45) is 9.77. The number of nitrogens with zero attached hydrogens (tertiary/aromatic N) is 2. The fraction of sp³-hybridized carbons (Fsp3) is 0.480. The molecule has 3 rings (SSSR count). The van der Waals surface area contributed by atoms with Crippen LogP contribution in [-0.4, -0.2) is 46.0 Å². The molecular weight excluding hydrogens is 456 g/mol. The molecule has 8 heteroatoms. The van der Waals surface area contributed by atoms with Gasteiger partial charge in [0.1, 0.15) is 11.0 Å². The number of aldehydes is 1. The zero-order valence-corrected chi connectivity index (χ0v) is 22.3. The first-order valence-corrected chi connectivity index (χ1v) is 14.2. The first kappa shape index (κ1) is 29.0. The summed E-state index contributed by atoms with van der Waals surface area (Å²) in [5.74, 6) is 0.459. The molecule has 0 bridgehead atoms. The molecule has 0 saturated carbocycles. The number of aromatic nitrogens is 1. The largest absolute Gasteiger partial charge is 0.296 e. The van der Waals surface area contributed by atoms with Crippen molar-refractivity contribution in [2.75, 3.05) is 18.8 Å². The van der Waals surface area contributed by atoms with Crippen LogP contribution in [-0.2, 0) is 21.0 Å². The van der Waals surface area contributed by atoms with E-state index in [4.69, 9.17) is 0 Å². The number of benzene rings is 1. The van der Waals surface area contributed by atoms with Crippen molar-refractivity contribution in [1.82, 2.24) is 8.28 Å². The van der Waals surface area contributed by atoms with E-state index in [0.717, 1.165) is 29.9 Å². The maximum Gasteiger partial charge on any atom is 0.243 e. The molecule has 1 atom stereocenters. The SMILES string of the molecule is C/C=C\C.C/C=C\CS(=O)(=O)n1c(C=O)cc2cc(S(=O)N3CCC(C)CC3)ccc21.CC. The van der Waals surface area contributed by atoms with Gasteiger partial charge in [-0.25, -0.2) is 20.9 Å². The summed E-state index contributed by atoms with van der Waals surface area (Å²) in [5, 5.41) is 0.595. The van der Waals surface area contributed by atoms with Crippen molar-refractivity contribution in [2.45, 2.75) is 59.3 Å². The van der Waals surface area contributed by atoms with Crippen LogP contribution in [0.5, 0.6) is 0 Å². The molecule has 0 spiro atoms. The van der Waals surface area contributed by atoms with Gasteiger partial charge < -0.3 is 0 Å². The quantitative estimate of drug-likeness (QED) is 0.388. The molecule has 184 valence electrons. The third kappa shape index (κ3) is 7.76. The van der Waals surface area contributed by atoms with E-state index in [1.54, 1.807) is 31.2 Å². The highest BCUT2D eigenvalue weighted by Crippen LogP contribution is 2.26. The Bertz CT molecular complexity index is 1070. The van der Waals surface area contributed by atoms with Crippen molar-refractivity contribution in [1.29, 1.82) is 0 Å². The Kier molecular flexibility index (Phi) is 12.5. The number of allylic oxidation sites excluding steroid dienone is 3. The average molecular weight is 495 g/mol. The second-order valence-corrected chi connectivity index (χ2v) is 10.9. The number of hydrogen-bond donors (Lipinski definition) is 0. The summed E-state index contributed by atoms with van der Waals surface area (Å²) in [6.45, 7) is 13.5. The van der Waals surface area contributed by atoms with E-state index in [1.165, 1.54) is 12.1 Å². The Labute approximate surface area is 202 Å². The zero-order chi connectivity index (χ0) is 25.0. The minimum atomic E-state index is -3.70. The van der Waals surface area contributed by atoms with Crippen LogP contribution in [0.25, 0.3) is 10.9 Å². The molecule has 1 unspecified atom stereocenters. The summed E-state index contributed by atoms with van der Waals surface area (Å²) in [7, 11) is -4.99. The Balaban J connectivity index is 0.000000820. The number of carbonyl (C=O) groups excluding carboxylic acids is 1. The number of fused-ring (bicyclic) bond motifs is 1. The van der Waals surface area contributed by atoms with E-state index in [0.29, 0.717) is 28.0 Å². The van der Waals surface area contributed by atoms with Crippen LogP contribution in [0.2, 0.25) is 0 Å².